The topological polar surface area (TPSA) is 12.4 Å². The molecule has 0 unspecified atom stereocenters. The first kappa shape index (κ1) is 6.76. The number of hydrogen-bond donors (Lipinski definition) is 0. The van der Waals surface area contributed by atoms with Crippen molar-refractivity contribution in [3.8, 4) is 0 Å². The van der Waals surface area contributed by atoms with Gasteiger partial charge in [0.15, 0.2) is 0 Å². The molecule has 1 heterocycles. The fourth-order valence-electron chi connectivity index (χ4n) is 0.731. The lowest BCUT2D eigenvalue weighted by Gasteiger charge is -1.92. The summed E-state index contributed by atoms with van der Waals surface area (Å²) in [5.41, 5.74) is 1.09. The quantitative estimate of drug-likeness (QED) is 0.626. The Bertz CT molecular complexity index is 298. The van der Waals surface area contributed by atoms with Crippen LogP contribution in [0.15, 0.2) is 31.9 Å². The molecular formula is C6H3BrNS2. The van der Waals surface area contributed by atoms with Crippen molar-refractivity contribution in [2.24, 2.45) is 4.36 Å². The van der Waals surface area contributed by atoms with E-state index in [0.717, 1.165) is 10.2 Å². The number of rotatable bonds is 0. The normalized spacial score (nSPS) is 13.7. The molecule has 1 radical (unpaired) electrons. The predicted octanol–water partition coefficient (Wildman–Crippen LogP) is 3.37. The molecule has 0 aliphatic carbocycles. The van der Waals surface area contributed by atoms with Crippen molar-refractivity contribution in [2.75, 3.05) is 0 Å². The van der Waals surface area contributed by atoms with Crippen LogP contribution in [0.2, 0.25) is 0 Å². The fourth-order valence-corrected chi connectivity index (χ4v) is 2.82. The van der Waals surface area contributed by atoms with Crippen LogP contribution in [-0.4, -0.2) is 0 Å². The summed E-state index contributed by atoms with van der Waals surface area (Å²) in [7, 11) is 3.24. The van der Waals surface area contributed by atoms with E-state index in [9.17, 15) is 0 Å². The zero-order valence-corrected chi connectivity index (χ0v) is 8.09. The molecule has 1 aliphatic heterocycles. The van der Waals surface area contributed by atoms with E-state index in [1.807, 2.05) is 12.1 Å². The average molecular weight is 233 g/mol. The van der Waals surface area contributed by atoms with Crippen LogP contribution in [0.3, 0.4) is 0 Å². The van der Waals surface area contributed by atoms with Gasteiger partial charge in [-0.05, 0) is 29.0 Å². The predicted molar refractivity (Wildman–Crippen MR) is 49.5 cm³/mol. The summed E-state index contributed by atoms with van der Waals surface area (Å²) in [6, 6.07) is 6.14. The maximum absolute atomic E-state index is 4.21. The molecule has 0 N–H and O–H groups in total. The monoisotopic (exact) mass is 232 g/mol. The van der Waals surface area contributed by atoms with Gasteiger partial charge in [0.1, 0.15) is 0 Å². The molecule has 0 fully saturated rings. The SMILES string of the molecule is Brc1ccc2c(c1)N=[S]S2. The standard InChI is InChI=1S/C6H3BrNS2/c7-4-1-2-6-5(3-4)8-10-9-6/h1-3H. The van der Waals surface area contributed by atoms with Gasteiger partial charge in [-0.3, -0.25) is 0 Å². The summed E-state index contributed by atoms with van der Waals surface area (Å²) >= 11 is 3.39. The highest BCUT2D eigenvalue weighted by Crippen LogP contribution is 2.37. The number of benzene rings is 1. The van der Waals surface area contributed by atoms with Crippen molar-refractivity contribution >= 4 is 43.0 Å². The van der Waals surface area contributed by atoms with E-state index >= 15 is 0 Å². The first-order valence-electron chi connectivity index (χ1n) is 2.70. The maximum atomic E-state index is 4.21. The number of hydrogen-bond acceptors (Lipinski definition) is 2. The zero-order chi connectivity index (χ0) is 6.97. The van der Waals surface area contributed by atoms with Gasteiger partial charge in [-0.15, -0.1) is 0 Å². The summed E-state index contributed by atoms with van der Waals surface area (Å²) in [6.07, 6.45) is 0. The third-order valence-corrected chi connectivity index (χ3v) is 3.53. The van der Waals surface area contributed by atoms with Crippen LogP contribution in [0, 0.1) is 0 Å². The Morgan fingerprint density at radius 3 is 3.20 bits per heavy atom. The first-order chi connectivity index (χ1) is 4.86. The van der Waals surface area contributed by atoms with E-state index in [0.29, 0.717) is 0 Å². The summed E-state index contributed by atoms with van der Waals surface area (Å²) < 4.78 is 5.31. The number of halogens is 1. The highest BCUT2D eigenvalue weighted by Gasteiger charge is 2.06. The highest BCUT2D eigenvalue weighted by atomic mass is 79.9. The van der Waals surface area contributed by atoms with Gasteiger partial charge in [0, 0.05) is 15.1 Å². The maximum Gasteiger partial charge on any atom is 0.0924 e. The van der Waals surface area contributed by atoms with Crippen molar-refractivity contribution in [2.45, 2.75) is 4.90 Å². The molecule has 0 amide bonds. The second-order valence-corrected chi connectivity index (χ2v) is 4.66. The molecule has 1 aromatic rings. The number of fused-ring (bicyclic) bond motifs is 1. The minimum absolute atomic E-state index is 1.09. The Kier molecular flexibility index (Phi) is 1.76. The van der Waals surface area contributed by atoms with Crippen molar-refractivity contribution in [3.05, 3.63) is 22.7 Å². The summed E-state index contributed by atoms with van der Waals surface area (Å²) in [4.78, 5) is 1.26. The van der Waals surface area contributed by atoms with Crippen LogP contribution in [0.25, 0.3) is 0 Å². The molecule has 1 aromatic carbocycles. The Balaban J connectivity index is 2.60. The Morgan fingerprint density at radius 2 is 2.30 bits per heavy atom. The van der Waals surface area contributed by atoms with Crippen molar-refractivity contribution < 1.29 is 0 Å². The Morgan fingerprint density at radius 1 is 1.40 bits per heavy atom. The van der Waals surface area contributed by atoms with E-state index in [4.69, 9.17) is 0 Å². The van der Waals surface area contributed by atoms with Crippen LogP contribution < -0.4 is 0 Å². The lowest BCUT2D eigenvalue weighted by atomic mass is 10.3. The smallest absolute Gasteiger partial charge is 0.0924 e. The Labute approximate surface area is 74.9 Å². The van der Waals surface area contributed by atoms with Crippen LogP contribution >= 0.6 is 26.7 Å². The average Bonchev–Trinajstić information content (AvgIpc) is 2.33. The second kappa shape index (κ2) is 2.60. The van der Waals surface area contributed by atoms with E-state index in [2.05, 4.69) is 26.4 Å². The highest BCUT2D eigenvalue weighted by molar-refractivity contribution is 9.10. The van der Waals surface area contributed by atoms with Crippen molar-refractivity contribution in [3.63, 3.8) is 0 Å². The first-order valence-corrected chi connectivity index (χ1v) is 5.60. The molecule has 4 heteroatoms. The van der Waals surface area contributed by atoms with Crippen LogP contribution in [0.5, 0.6) is 0 Å². The van der Waals surface area contributed by atoms with Gasteiger partial charge in [-0.2, -0.15) is 4.36 Å². The zero-order valence-electron chi connectivity index (χ0n) is 4.87. The van der Waals surface area contributed by atoms with Crippen LogP contribution in [0.1, 0.15) is 0 Å². The molecule has 51 valence electrons. The van der Waals surface area contributed by atoms with Gasteiger partial charge in [0.05, 0.1) is 10.6 Å². The molecule has 0 aromatic heterocycles. The largest absolute Gasteiger partial charge is 0.185 e. The molecule has 1 aliphatic rings. The fraction of sp³-hybridized carbons (Fsp3) is 0. The lowest BCUT2D eigenvalue weighted by Crippen LogP contribution is -1.66. The van der Waals surface area contributed by atoms with Gasteiger partial charge < -0.3 is 0 Å². The van der Waals surface area contributed by atoms with E-state index in [1.54, 1.807) is 10.8 Å². The molecule has 0 saturated carbocycles. The second-order valence-electron chi connectivity index (χ2n) is 1.86. The molecule has 0 saturated heterocycles. The Hall–Kier alpha value is 0.0700. The minimum Gasteiger partial charge on any atom is -0.185 e. The minimum atomic E-state index is 1.09. The lowest BCUT2D eigenvalue weighted by molar-refractivity contribution is 1.40. The molecule has 10 heavy (non-hydrogen) atoms. The van der Waals surface area contributed by atoms with Gasteiger partial charge in [-0.25, -0.2) is 0 Å². The van der Waals surface area contributed by atoms with Crippen molar-refractivity contribution in [1.29, 1.82) is 0 Å². The summed E-state index contributed by atoms with van der Waals surface area (Å²) in [6.45, 7) is 0. The van der Waals surface area contributed by atoms with Gasteiger partial charge in [-0.1, -0.05) is 15.9 Å². The van der Waals surface area contributed by atoms with Gasteiger partial charge >= 0.3 is 0 Å². The van der Waals surface area contributed by atoms with Gasteiger partial charge in [0.2, 0.25) is 0 Å². The molecule has 1 nitrogen and oxygen atoms in total. The molecule has 0 spiro atoms. The van der Waals surface area contributed by atoms with E-state index in [-0.39, 0.29) is 0 Å². The van der Waals surface area contributed by atoms with Crippen LogP contribution in [-0.2, 0) is 10.6 Å². The third kappa shape index (κ3) is 1.11. The molecular weight excluding hydrogens is 230 g/mol. The van der Waals surface area contributed by atoms with E-state index < -0.39 is 0 Å². The van der Waals surface area contributed by atoms with Crippen molar-refractivity contribution in [1.82, 2.24) is 0 Å². The van der Waals surface area contributed by atoms with Gasteiger partial charge in [0.25, 0.3) is 0 Å². The van der Waals surface area contributed by atoms with E-state index in [1.165, 1.54) is 15.5 Å². The summed E-state index contributed by atoms with van der Waals surface area (Å²) in [5.74, 6) is 0. The molecule has 0 atom stereocenters. The molecule has 0 bridgehead atoms. The molecule has 2 rings (SSSR count). The third-order valence-electron chi connectivity index (χ3n) is 1.18. The summed E-state index contributed by atoms with van der Waals surface area (Å²) in [5, 5.41) is 0. The number of nitrogens with zero attached hydrogens (tertiary/aromatic N) is 1. The van der Waals surface area contributed by atoms with Crippen LogP contribution in [0.4, 0.5) is 5.69 Å².